The average molecular weight is 794 g/mol. The molecule has 3 aliphatic rings. The number of aromatic amines is 2. The van der Waals surface area contributed by atoms with Gasteiger partial charge in [0.05, 0.1) is 50.5 Å². The average Bonchev–Trinajstić information content (AvgIpc) is 4.07. The molecule has 0 bridgehead atoms. The SMILES string of the molecule is COC(=O)N[C@H](C(=O)N1CCC[C@H]1c1ncc(-c2ccc(-c3ccc(-c4[nH]c([C@@H]5CCCN5C(=O)[C@@H](NC(=O)OC)C(C)C)c5c4OCCC5)cc3)cc2)[nH]1)C(C)C. The number of nitrogens with zero attached hydrogens (tertiary/aromatic N) is 3. The topological polar surface area (TPSA) is 171 Å². The van der Waals surface area contributed by atoms with E-state index in [2.05, 4.69) is 69.1 Å². The van der Waals surface area contributed by atoms with Gasteiger partial charge in [-0.15, -0.1) is 0 Å². The van der Waals surface area contributed by atoms with E-state index >= 15 is 0 Å². The van der Waals surface area contributed by atoms with Crippen LogP contribution >= 0.6 is 0 Å². The quantitative estimate of drug-likeness (QED) is 0.124. The number of methoxy groups -OCH3 is 2. The molecule has 14 heteroatoms. The molecule has 0 saturated carbocycles. The zero-order valence-electron chi connectivity index (χ0n) is 34.2. The third-order valence-corrected chi connectivity index (χ3v) is 11.7. The number of rotatable bonds is 11. The number of likely N-dealkylation sites (tertiary alicyclic amines) is 2. The molecule has 0 radical (unpaired) electrons. The van der Waals surface area contributed by atoms with E-state index < -0.39 is 24.3 Å². The van der Waals surface area contributed by atoms with Crippen LogP contribution in [0.5, 0.6) is 5.75 Å². The Kier molecular flexibility index (Phi) is 12.1. The minimum absolute atomic E-state index is 0.105. The lowest BCUT2D eigenvalue weighted by atomic mass is 9.98. The Balaban J connectivity index is 1.06. The normalized spacial score (nSPS) is 18.8. The molecule has 2 aromatic carbocycles. The molecule has 0 unspecified atom stereocenters. The van der Waals surface area contributed by atoms with Gasteiger partial charge in [-0.25, -0.2) is 14.6 Å². The van der Waals surface area contributed by atoms with Crippen molar-refractivity contribution < 1.29 is 33.4 Å². The number of fused-ring (bicyclic) bond motifs is 1. The predicted molar refractivity (Wildman–Crippen MR) is 219 cm³/mol. The number of carbonyl (C=O) groups excluding carboxylic acids is 4. The van der Waals surface area contributed by atoms with Gasteiger partial charge in [-0.1, -0.05) is 76.2 Å². The summed E-state index contributed by atoms with van der Waals surface area (Å²) in [5.74, 6) is 1.12. The van der Waals surface area contributed by atoms with E-state index in [0.29, 0.717) is 19.7 Å². The molecule has 308 valence electrons. The molecule has 2 aromatic heterocycles. The van der Waals surface area contributed by atoms with Gasteiger partial charge in [0.15, 0.2) is 0 Å². The fourth-order valence-corrected chi connectivity index (χ4v) is 8.58. The van der Waals surface area contributed by atoms with Crippen LogP contribution in [-0.2, 0) is 25.5 Å². The summed E-state index contributed by atoms with van der Waals surface area (Å²) in [6, 6.07) is 15.0. The van der Waals surface area contributed by atoms with Crippen LogP contribution in [0.25, 0.3) is 33.6 Å². The molecule has 2 saturated heterocycles. The van der Waals surface area contributed by atoms with Gasteiger partial charge >= 0.3 is 12.2 Å². The molecule has 0 aliphatic carbocycles. The lowest BCUT2D eigenvalue weighted by Gasteiger charge is -2.31. The molecule has 5 heterocycles. The number of alkyl carbamates (subject to hydrolysis) is 2. The van der Waals surface area contributed by atoms with Gasteiger partial charge in [0.25, 0.3) is 0 Å². The highest BCUT2D eigenvalue weighted by Crippen LogP contribution is 2.45. The summed E-state index contributed by atoms with van der Waals surface area (Å²) in [6.07, 6.45) is 5.65. The number of hydrogen-bond acceptors (Lipinski definition) is 8. The van der Waals surface area contributed by atoms with Gasteiger partial charge in [0.1, 0.15) is 23.7 Å². The van der Waals surface area contributed by atoms with Crippen molar-refractivity contribution in [2.24, 2.45) is 11.8 Å². The lowest BCUT2D eigenvalue weighted by molar-refractivity contribution is -0.136. The molecule has 3 aliphatic heterocycles. The Morgan fingerprint density at radius 2 is 1.24 bits per heavy atom. The first-order valence-corrected chi connectivity index (χ1v) is 20.4. The third kappa shape index (κ3) is 8.14. The number of benzene rings is 2. The Hall–Kier alpha value is -5.79. The van der Waals surface area contributed by atoms with Crippen LogP contribution < -0.4 is 15.4 Å². The van der Waals surface area contributed by atoms with Crippen molar-refractivity contribution in [2.75, 3.05) is 33.9 Å². The van der Waals surface area contributed by atoms with Crippen molar-refractivity contribution in [1.29, 1.82) is 0 Å². The predicted octanol–water partition coefficient (Wildman–Crippen LogP) is 7.15. The number of amides is 4. The molecular formula is C44H55N7O7. The summed E-state index contributed by atoms with van der Waals surface area (Å²) in [6.45, 7) is 9.50. The minimum atomic E-state index is -0.690. The van der Waals surface area contributed by atoms with Gasteiger partial charge in [0, 0.05) is 29.9 Å². The molecule has 2 fully saturated rings. The number of imidazole rings is 1. The first-order chi connectivity index (χ1) is 28.0. The van der Waals surface area contributed by atoms with Crippen LogP contribution in [0, 0.1) is 11.8 Å². The van der Waals surface area contributed by atoms with Crippen LogP contribution in [0.4, 0.5) is 9.59 Å². The van der Waals surface area contributed by atoms with Gasteiger partial charge < -0.3 is 44.6 Å². The fourth-order valence-electron chi connectivity index (χ4n) is 8.58. The summed E-state index contributed by atoms with van der Waals surface area (Å²) >= 11 is 0. The highest BCUT2D eigenvalue weighted by Gasteiger charge is 2.40. The molecule has 58 heavy (non-hydrogen) atoms. The summed E-state index contributed by atoms with van der Waals surface area (Å²) < 4.78 is 15.9. The van der Waals surface area contributed by atoms with Crippen LogP contribution in [0.2, 0.25) is 0 Å². The van der Waals surface area contributed by atoms with Gasteiger partial charge in [-0.2, -0.15) is 0 Å². The van der Waals surface area contributed by atoms with Crippen molar-refractivity contribution in [3.05, 3.63) is 71.8 Å². The largest absolute Gasteiger partial charge is 0.491 e. The third-order valence-electron chi connectivity index (χ3n) is 11.7. The zero-order valence-corrected chi connectivity index (χ0v) is 34.2. The molecule has 4 amide bonds. The highest BCUT2D eigenvalue weighted by molar-refractivity contribution is 5.87. The Morgan fingerprint density at radius 3 is 1.79 bits per heavy atom. The van der Waals surface area contributed by atoms with Crippen molar-refractivity contribution in [1.82, 2.24) is 35.4 Å². The van der Waals surface area contributed by atoms with Crippen molar-refractivity contribution in [2.45, 2.75) is 90.4 Å². The van der Waals surface area contributed by atoms with E-state index in [1.807, 2.05) is 43.7 Å². The summed E-state index contributed by atoms with van der Waals surface area (Å²) in [7, 11) is 2.60. The van der Waals surface area contributed by atoms with Gasteiger partial charge in [-0.3, -0.25) is 9.59 Å². The Labute approximate surface area is 339 Å². The van der Waals surface area contributed by atoms with Crippen molar-refractivity contribution >= 4 is 24.0 Å². The number of H-pyrrole nitrogens is 2. The Bertz CT molecular complexity index is 2110. The van der Waals surface area contributed by atoms with Crippen LogP contribution in [0.1, 0.15) is 89.0 Å². The van der Waals surface area contributed by atoms with E-state index in [9.17, 15) is 19.2 Å². The van der Waals surface area contributed by atoms with Gasteiger partial charge in [0.2, 0.25) is 11.8 Å². The van der Waals surface area contributed by atoms with Crippen LogP contribution in [0.3, 0.4) is 0 Å². The Morgan fingerprint density at radius 1 is 0.724 bits per heavy atom. The summed E-state index contributed by atoms with van der Waals surface area (Å²) in [5.41, 5.74) is 8.01. The van der Waals surface area contributed by atoms with E-state index in [4.69, 9.17) is 19.2 Å². The second kappa shape index (κ2) is 17.4. The number of hydrogen-bond donors (Lipinski definition) is 4. The summed E-state index contributed by atoms with van der Waals surface area (Å²) in [5, 5.41) is 5.45. The first-order valence-electron chi connectivity index (χ1n) is 20.4. The lowest BCUT2D eigenvalue weighted by Crippen LogP contribution is -2.51. The maximum absolute atomic E-state index is 13.9. The molecule has 4 N–H and O–H groups in total. The second-order valence-electron chi connectivity index (χ2n) is 16.1. The molecule has 14 nitrogen and oxygen atoms in total. The monoisotopic (exact) mass is 793 g/mol. The maximum Gasteiger partial charge on any atom is 0.407 e. The number of carbonyl (C=O) groups is 4. The molecule has 0 spiro atoms. The summed E-state index contributed by atoms with van der Waals surface area (Å²) in [4.78, 5) is 67.1. The van der Waals surface area contributed by atoms with Gasteiger partial charge in [-0.05, 0) is 67.1 Å². The van der Waals surface area contributed by atoms with E-state index in [0.717, 1.165) is 95.0 Å². The van der Waals surface area contributed by atoms with Crippen LogP contribution in [-0.4, -0.2) is 94.8 Å². The van der Waals surface area contributed by atoms with E-state index in [1.165, 1.54) is 14.2 Å². The maximum atomic E-state index is 13.9. The molecule has 7 rings (SSSR count). The van der Waals surface area contributed by atoms with Crippen molar-refractivity contribution in [3.8, 4) is 39.4 Å². The van der Waals surface area contributed by atoms with E-state index in [-0.39, 0.29) is 35.7 Å². The van der Waals surface area contributed by atoms with Crippen molar-refractivity contribution in [3.63, 3.8) is 0 Å². The number of nitrogens with one attached hydrogen (secondary N) is 4. The smallest absolute Gasteiger partial charge is 0.407 e. The molecule has 4 aromatic rings. The number of ether oxygens (including phenoxy) is 3. The first kappa shape index (κ1) is 40.4. The van der Waals surface area contributed by atoms with E-state index in [1.54, 1.807) is 0 Å². The minimum Gasteiger partial charge on any atom is -0.491 e. The van der Waals surface area contributed by atoms with Crippen LogP contribution in [0.15, 0.2) is 54.7 Å². The molecular weight excluding hydrogens is 739 g/mol. The second-order valence-corrected chi connectivity index (χ2v) is 16.1. The molecule has 4 atom stereocenters. The zero-order chi connectivity index (χ0) is 41.1. The number of aromatic nitrogens is 3. The fraction of sp³-hybridized carbons (Fsp3) is 0.477. The standard InChI is InChI=1S/C44H55N7O7/c1-25(2)35(48-43(54)56-5)41(52)50-21-7-11-33(50)38-31-10-9-23-58-39(31)37(47-38)30-19-15-28(16-20-30)27-13-17-29(18-14-27)32-24-45-40(46-32)34-12-8-22-51(34)42(53)36(26(3)4)49-44(55)57-6/h13-20,24-26,33-36,47H,7-12,21-23H2,1-6H3,(H,45,46)(H,48,54)(H,49,55)/t33-,34-,35-,36-/m0/s1. The highest BCUT2D eigenvalue weighted by atomic mass is 16.5.